The van der Waals surface area contributed by atoms with Crippen LogP contribution in [0.5, 0.6) is 0 Å². The Kier molecular flexibility index (Phi) is 5.26. The minimum Gasteiger partial charge on any atom is -0.311 e. The van der Waals surface area contributed by atoms with Gasteiger partial charge in [0.1, 0.15) is 0 Å². The van der Waals surface area contributed by atoms with E-state index in [0.29, 0.717) is 12.1 Å². The normalized spacial score (nSPS) is 26.3. The molecule has 1 fully saturated rings. The molecule has 0 spiro atoms. The first kappa shape index (κ1) is 14.8. The fourth-order valence-electron chi connectivity index (χ4n) is 2.66. The van der Waals surface area contributed by atoms with E-state index >= 15 is 0 Å². The third-order valence-electron chi connectivity index (χ3n) is 4.36. The first-order valence-electron chi connectivity index (χ1n) is 7.32. The van der Waals surface area contributed by atoms with Crippen molar-refractivity contribution in [3.8, 4) is 0 Å². The number of nitrogens with one attached hydrogen (secondary N) is 1. The third-order valence-corrected chi connectivity index (χ3v) is 4.61. The Hall–Kier alpha value is -0.570. The molecule has 0 radical (unpaired) electrons. The highest BCUT2D eigenvalue weighted by Gasteiger charge is 2.27. The summed E-state index contributed by atoms with van der Waals surface area (Å²) < 4.78 is 0. The molecule has 3 unspecified atom stereocenters. The van der Waals surface area contributed by atoms with Gasteiger partial charge in [-0.1, -0.05) is 44.0 Å². The zero-order valence-electron chi connectivity index (χ0n) is 12.2. The minimum atomic E-state index is 0.594. The van der Waals surface area contributed by atoms with Crippen molar-refractivity contribution in [2.24, 2.45) is 5.92 Å². The van der Waals surface area contributed by atoms with Gasteiger partial charge in [0, 0.05) is 36.7 Å². The SMILES string of the molecule is CCC(C)C1CN(Cc2ccc(Cl)cc2)C(C)CN1. The molecule has 2 rings (SSSR count). The van der Waals surface area contributed by atoms with E-state index in [1.54, 1.807) is 0 Å². The number of halogens is 1. The molecule has 106 valence electrons. The molecule has 2 nitrogen and oxygen atoms in total. The number of rotatable bonds is 4. The monoisotopic (exact) mass is 280 g/mol. The van der Waals surface area contributed by atoms with Gasteiger partial charge < -0.3 is 5.32 Å². The zero-order valence-corrected chi connectivity index (χ0v) is 13.0. The summed E-state index contributed by atoms with van der Waals surface area (Å²) in [6.07, 6.45) is 1.24. The van der Waals surface area contributed by atoms with Crippen LogP contribution in [0.1, 0.15) is 32.8 Å². The maximum atomic E-state index is 5.94. The van der Waals surface area contributed by atoms with Gasteiger partial charge in [-0.25, -0.2) is 0 Å². The average molecular weight is 281 g/mol. The second kappa shape index (κ2) is 6.74. The summed E-state index contributed by atoms with van der Waals surface area (Å²) in [6, 6.07) is 9.45. The van der Waals surface area contributed by atoms with E-state index in [4.69, 9.17) is 11.6 Å². The van der Waals surface area contributed by atoms with Gasteiger partial charge in [-0.05, 0) is 30.5 Å². The van der Waals surface area contributed by atoms with Gasteiger partial charge in [0.05, 0.1) is 0 Å². The van der Waals surface area contributed by atoms with Crippen molar-refractivity contribution >= 4 is 11.6 Å². The van der Waals surface area contributed by atoms with Crippen LogP contribution in [-0.2, 0) is 6.54 Å². The van der Waals surface area contributed by atoms with Gasteiger partial charge >= 0.3 is 0 Å². The topological polar surface area (TPSA) is 15.3 Å². The predicted molar refractivity (Wildman–Crippen MR) is 82.6 cm³/mol. The van der Waals surface area contributed by atoms with E-state index in [0.717, 1.165) is 30.6 Å². The molecular weight excluding hydrogens is 256 g/mol. The maximum absolute atomic E-state index is 5.94. The highest BCUT2D eigenvalue weighted by molar-refractivity contribution is 6.30. The molecule has 1 N–H and O–H groups in total. The third kappa shape index (κ3) is 3.95. The van der Waals surface area contributed by atoms with Crippen molar-refractivity contribution in [1.29, 1.82) is 0 Å². The molecule has 19 heavy (non-hydrogen) atoms. The Balaban J connectivity index is 1.99. The van der Waals surface area contributed by atoms with Crippen LogP contribution in [-0.4, -0.2) is 30.1 Å². The first-order valence-corrected chi connectivity index (χ1v) is 7.69. The lowest BCUT2D eigenvalue weighted by Gasteiger charge is -2.41. The van der Waals surface area contributed by atoms with Crippen LogP contribution in [0.25, 0.3) is 0 Å². The summed E-state index contributed by atoms with van der Waals surface area (Å²) >= 11 is 5.94. The maximum Gasteiger partial charge on any atom is 0.0406 e. The molecule has 1 aromatic carbocycles. The molecule has 3 heteroatoms. The van der Waals surface area contributed by atoms with Crippen LogP contribution in [0.3, 0.4) is 0 Å². The quantitative estimate of drug-likeness (QED) is 0.907. The predicted octanol–water partition coefficient (Wildman–Crippen LogP) is 3.55. The number of hydrogen-bond acceptors (Lipinski definition) is 2. The summed E-state index contributed by atoms with van der Waals surface area (Å²) in [5.41, 5.74) is 1.35. The van der Waals surface area contributed by atoms with E-state index in [9.17, 15) is 0 Å². The van der Waals surface area contributed by atoms with E-state index in [1.165, 1.54) is 12.0 Å². The van der Waals surface area contributed by atoms with Crippen LogP contribution < -0.4 is 5.32 Å². The molecule has 1 aromatic rings. The summed E-state index contributed by atoms with van der Waals surface area (Å²) in [4.78, 5) is 2.58. The summed E-state index contributed by atoms with van der Waals surface area (Å²) in [7, 11) is 0. The highest BCUT2D eigenvalue weighted by Crippen LogP contribution is 2.18. The molecule has 0 amide bonds. The minimum absolute atomic E-state index is 0.594. The van der Waals surface area contributed by atoms with Crippen molar-refractivity contribution in [2.75, 3.05) is 13.1 Å². The second-order valence-corrected chi connectivity index (χ2v) is 6.24. The molecule has 0 bridgehead atoms. The van der Waals surface area contributed by atoms with E-state index < -0.39 is 0 Å². The van der Waals surface area contributed by atoms with Crippen LogP contribution in [0, 0.1) is 5.92 Å². The number of nitrogens with zero attached hydrogens (tertiary/aromatic N) is 1. The molecule has 1 saturated heterocycles. The Morgan fingerprint density at radius 2 is 2.05 bits per heavy atom. The van der Waals surface area contributed by atoms with Crippen LogP contribution in [0.15, 0.2) is 24.3 Å². The Morgan fingerprint density at radius 1 is 1.37 bits per heavy atom. The van der Waals surface area contributed by atoms with Crippen molar-refractivity contribution < 1.29 is 0 Å². The van der Waals surface area contributed by atoms with Gasteiger partial charge in [-0.2, -0.15) is 0 Å². The molecule has 3 atom stereocenters. The summed E-state index contributed by atoms with van der Waals surface area (Å²) in [5, 5.41) is 4.50. The van der Waals surface area contributed by atoms with Crippen molar-refractivity contribution in [2.45, 2.75) is 45.8 Å². The average Bonchev–Trinajstić information content (AvgIpc) is 2.43. The molecular formula is C16H25ClN2. The lowest BCUT2D eigenvalue weighted by molar-refractivity contribution is 0.112. The Labute approximate surface area is 122 Å². The Bertz CT molecular complexity index is 390. The van der Waals surface area contributed by atoms with Crippen molar-refractivity contribution in [1.82, 2.24) is 10.2 Å². The molecule has 1 aliphatic rings. The largest absolute Gasteiger partial charge is 0.311 e. The van der Waals surface area contributed by atoms with Crippen LogP contribution in [0.4, 0.5) is 0 Å². The lowest BCUT2D eigenvalue weighted by Crippen LogP contribution is -2.56. The van der Waals surface area contributed by atoms with E-state index in [-0.39, 0.29) is 0 Å². The molecule has 0 saturated carbocycles. The van der Waals surface area contributed by atoms with E-state index in [2.05, 4.69) is 43.1 Å². The van der Waals surface area contributed by atoms with Crippen molar-refractivity contribution in [3.05, 3.63) is 34.9 Å². The molecule has 1 aliphatic heterocycles. The zero-order chi connectivity index (χ0) is 13.8. The van der Waals surface area contributed by atoms with Gasteiger partial charge in [0.2, 0.25) is 0 Å². The number of piperazine rings is 1. The standard InChI is InChI=1S/C16H25ClN2/c1-4-12(2)16-11-19(13(3)9-18-16)10-14-5-7-15(17)8-6-14/h5-8,12-13,16,18H,4,9-11H2,1-3H3. The summed E-state index contributed by atoms with van der Waals surface area (Å²) in [5.74, 6) is 0.736. The molecule has 0 aromatic heterocycles. The van der Waals surface area contributed by atoms with Gasteiger partial charge in [0.25, 0.3) is 0 Å². The lowest BCUT2D eigenvalue weighted by atomic mass is 9.95. The molecule has 1 heterocycles. The summed E-state index contributed by atoms with van der Waals surface area (Å²) in [6.45, 7) is 10.2. The fraction of sp³-hybridized carbons (Fsp3) is 0.625. The highest BCUT2D eigenvalue weighted by atomic mass is 35.5. The van der Waals surface area contributed by atoms with Gasteiger partial charge in [0.15, 0.2) is 0 Å². The van der Waals surface area contributed by atoms with Gasteiger partial charge in [-0.15, -0.1) is 0 Å². The Morgan fingerprint density at radius 3 is 2.68 bits per heavy atom. The molecule has 0 aliphatic carbocycles. The second-order valence-electron chi connectivity index (χ2n) is 5.81. The van der Waals surface area contributed by atoms with Gasteiger partial charge in [-0.3, -0.25) is 4.90 Å². The van der Waals surface area contributed by atoms with Crippen molar-refractivity contribution in [3.63, 3.8) is 0 Å². The van der Waals surface area contributed by atoms with E-state index in [1.807, 2.05) is 12.1 Å². The first-order chi connectivity index (χ1) is 9.10. The fourth-order valence-corrected chi connectivity index (χ4v) is 2.78. The van der Waals surface area contributed by atoms with Crippen LogP contribution in [0.2, 0.25) is 5.02 Å². The van der Waals surface area contributed by atoms with Crippen LogP contribution >= 0.6 is 11.6 Å². The smallest absolute Gasteiger partial charge is 0.0406 e. The number of hydrogen-bond donors (Lipinski definition) is 1. The number of benzene rings is 1.